The van der Waals surface area contributed by atoms with Crippen LogP contribution in [0.15, 0.2) is 42.5 Å². The third kappa shape index (κ3) is 5.04. The second-order valence-corrected chi connectivity index (χ2v) is 7.34. The Hall–Kier alpha value is -2.93. The molecule has 1 amide bonds. The van der Waals surface area contributed by atoms with Gasteiger partial charge in [-0.3, -0.25) is 10.1 Å². The summed E-state index contributed by atoms with van der Waals surface area (Å²) in [6.45, 7) is 5.48. The number of nitrogens with zero attached hydrogens (tertiary/aromatic N) is 1. The summed E-state index contributed by atoms with van der Waals surface area (Å²) in [5.74, 6) is -0.0418. The first-order valence-electron chi connectivity index (χ1n) is 8.51. The van der Waals surface area contributed by atoms with Crippen molar-refractivity contribution in [1.82, 2.24) is 4.98 Å². The summed E-state index contributed by atoms with van der Waals surface area (Å²) in [6.07, 6.45) is -0.182. The number of nitrogens with one attached hydrogen (secondary N) is 1. The number of fused-ring (bicyclic) bond motifs is 1. The molecule has 0 spiro atoms. The molecule has 0 bridgehead atoms. The predicted molar refractivity (Wildman–Crippen MR) is 105 cm³/mol. The molecule has 0 unspecified atom stereocenters. The van der Waals surface area contributed by atoms with Crippen LogP contribution in [0.4, 0.5) is 5.13 Å². The van der Waals surface area contributed by atoms with E-state index < -0.39 is 0 Å². The molecule has 0 aliphatic rings. The van der Waals surface area contributed by atoms with E-state index in [2.05, 4.69) is 10.3 Å². The summed E-state index contributed by atoms with van der Waals surface area (Å²) >= 11 is 1.29. The van der Waals surface area contributed by atoms with E-state index in [0.29, 0.717) is 22.0 Å². The van der Waals surface area contributed by atoms with E-state index in [1.807, 2.05) is 31.2 Å². The number of hydrogen-bond acceptors (Lipinski definition) is 6. The lowest BCUT2D eigenvalue weighted by molar-refractivity contribution is -0.118. The lowest BCUT2D eigenvalue weighted by Crippen LogP contribution is -2.19. The van der Waals surface area contributed by atoms with Gasteiger partial charge < -0.3 is 9.47 Å². The van der Waals surface area contributed by atoms with Crippen LogP contribution in [0.3, 0.4) is 0 Å². The van der Waals surface area contributed by atoms with Gasteiger partial charge in [-0.25, -0.2) is 9.78 Å². The number of thiazole rings is 1. The van der Waals surface area contributed by atoms with Gasteiger partial charge in [0.15, 0.2) is 11.7 Å². The van der Waals surface area contributed by atoms with Crippen molar-refractivity contribution >= 4 is 38.6 Å². The number of amides is 1. The fraction of sp³-hybridized carbons (Fsp3) is 0.250. The monoisotopic (exact) mass is 384 g/mol. The van der Waals surface area contributed by atoms with Gasteiger partial charge in [0, 0.05) is 0 Å². The van der Waals surface area contributed by atoms with E-state index in [1.165, 1.54) is 11.3 Å². The first-order chi connectivity index (χ1) is 12.9. The van der Waals surface area contributed by atoms with Crippen LogP contribution in [0, 0.1) is 6.92 Å². The SMILES string of the molecule is Cc1ccc(OCC(=O)Nc2nc3ccc(C(=O)OC(C)C)cc3s2)cc1. The Balaban J connectivity index is 1.63. The normalized spacial score (nSPS) is 10.8. The maximum Gasteiger partial charge on any atom is 0.338 e. The maximum absolute atomic E-state index is 12.1. The fourth-order valence-corrected chi connectivity index (χ4v) is 3.25. The third-order valence-corrected chi connectivity index (χ3v) is 4.54. The van der Waals surface area contributed by atoms with Gasteiger partial charge in [0.25, 0.3) is 5.91 Å². The van der Waals surface area contributed by atoms with E-state index in [1.54, 1.807) is 32.0 Å². The van der Waals surface area contributed by atoms with Crippen LogP contribution in [0.2, 0.25) is 0 Å². The number of esters is 1. The van der Waals surface area contributed by atoms with Gasteiger partial charge in [0.2, 0.25) is 0 Å². The van der Waals surface area contributed by atoms with Crippen LogP contribution < -0.4 is 10.1 Å². The molecule has 7 heteroatoms. The molecular formula is C20H20N2O4S. The molecule has 0 radical (unpaired) electrons. The lowest BCUT2D eigenvalue weighted by atomic mass is 10.2. The van der Waals surface area contributed by atoms with Gasteiger partial charge in [0.1, 0.15) is 5.75 Å². The molecule has 0 aliphatic heterocycles. The van der Waals surface area contributed by atoms with Crippen LogP contribution in [0.5, 0.6) is 5.75 Å². The Morgan fingerprint density at radius 3 is 2.59 bits per heavy atom. The summed E-state index contributed by atoms with van der Waals surface area (Å²) in [5, 5.41) is 3.18. The number of aromatic nitrogens is 1. The molecule has 1 aromatic heterocycles. The number of rotatable bonds is 6. The van der Waals surface area contributed by atoms with Crippen molar-refractivity contribution in [3.8, 4) is 5.75 Å². The zero-order chi connectivity index (χ0) is 19.4. The van der Waals surface area contributed by atoms with E-state index in [-0.39, 0.29) is 24.6 Å². The topological polar surface area (TPSA) is 77.5 Å². The summed E-state index contributed by atoms with van der Waals surface area (Å²) < 4.78 is 11.5. The molecule has 27 heavy (non-hydrogen) atoms. The maximum atomic E-state index is 12.1. The minimum absolute atomic E-state index is 0.106. The van der Waals surface area contributed by atoms with E-state index in [0.717, 1.165) is 10.3 Å². The van der Waals surface area contributed by atoms with Crippen LogP contribution >= 0.6 is 11.3 Å². The molecule has 3 rings (SSSR count). The second kappa shape index (κ2) is 8.18. The van der Waals surface area contributed by atoms with Crippen molar-refractivity contribution in [1.29, 1.82) is 0 Å². The molecule has 3 aromatic rings. The fourth-order valence-electron chi connectivity index (χ4n) is 2.33. The predicted octanol–water partition coefficient (Wildman–Crippen LogP) is 4.19. The van der Waals surface area contributed by atoms with Gasteiger partial charge in [-0.2, -0.15) is 0 Å². The van der Waals surface area contributed by atoms with Crippen LogP contribution in [-0.2, 0) is 9.53 Å². The van der Waals surface area contributed by atoms with E-state index in [9.17, 15) is 9.59 Å². The lowest BCUT2D eigenvalue weighted by Gasteiger charge is -2.07. The number of benzene rings is 2. The molecule has 6 nitrogen and oxygen atoms in total. The number of aryl methyl sites for hydroxylation is 1. The minimum Gasteiger partial charge on any atom is -0.484 e. The summed E-state index contributed by atoms with van der Waals surface area (Å²) in [4.78, 5) is 28.4. The van der Waals surface area contributed by atoms with Gasteiger partial charge >= 0.3 is 5.97 Å². The minimum atomic E-state index is -0.377. The second-order valence-electron chi connectivity index (χ2n) is 6.31. The number of carbonyl (C=O) groups is 2. The van der Waals surface area contributed by atoms with Crippen LogP contribution in [-0.4, -0.2) is 29.6 Å². The van der Waals surface area contributed by atoms with Gasteiger partial charge in [-0.05, 0) is 51.1 Å². The quantitative estimate of drug-likeness (QED) is 0.645. The van der Waals surface area contributed by atoms with Crippen molar-refractivity contribution < 1.29 is 19.1 Å². The largest absolute Gasteiger partial charge is 0.484 e. The highest BCUT2D eigenvalue weighted by Crippen LogP contribution is 2.27. The molecule has 1 heterocycles. The molecule has 0 saturated carbocycles. The van der Waals surface area contributed by atoms with Crippen molar-refractivity contribution in [2.45, 2.75) is 26.9 Å². The Kier molecular flexibility index (Phi) is 5.71. The highest BCUT2D eigenvalue weighted by Gasteiger charge is 2.13. The van der Waals surface area contributed by atoms with Crippen molar-refractivity contribution in [3.63, 3.8) is 0 Å². The molecule has 0 atom stereocenters. The Bertz CT molecular complexity index is 964. The Labute approximate surface area is 161 Å². The van der Waals surface area contributed by atoms with Gasteiger partial charge in [-0.1, -0.05) is 29.0 Å². The highest BCUT2D eigenvalue weighted by atomic mass is 32.1. The number of anilines is 1. The average Bonchev–Trinajstić information content (AvgIpc) is 3.01. The highest BCUT2D eigenvalue weighted by molar-refractivity contribution is 7.22. The van der Waals surface area contributed by atoms with Crippen molar-refractivity contribution in [3.05, 3.63) is 53.6 Å². The van der Waals surface area contributed by atoms with Gasteiger partial charge in [0.05, 0.1) is 21.9 Å². The van der Waals surface area contributed by atoms with Crippen molar-refractivity contribution in [2.24, 2.45) is 0 Å². The summed E-state index contributed by atoms with van der Waals surface area (Å²) in [5.41, 5.74) is 2.29. The number of hydrogen-bond donors (Lipinski definition) is 1. The Morgan fingerprint density at radius 2 is 1.89 bits per heavy atom. The number of ether oxygens (including phenoxy) is 2. The van der Waals surface area contributed by atoms with Crippen LogP contribution in [0.1, 0.15) is 29.8 Å². The zero-order valence-electron chi connectivity index (χ0n) is 15.3. The van der Waals surface area contributed by atoms with Crippen LogP contribution in [0.25, 0.3) is 10.2 Å². The van der Waals surface area contributed by atoms with Gasteiger partial charge in [-0.15, -0.1) is 0 Å². The standard InChI is InChI=1S/C20H20N2O4S/c1-12(2)26-19(24)14-6-9-16-17(10-14)27-20(21-16)22-18(23)11-25-15-7-4-13(3)5-8-15/h4-10,12H,11H2,1-3H3,(H,21,22,23). The zero-order valence-corrected chi connectivity index (χ0v) is 16.1. The Morgan fingerprint density at radius 1 is 1.15 bits per heavy atom. The molecule has 0 fully saturated rings. The first-order valence-corrected chi connectivity index (χ1v) is 9.33. The molecule has 2 aromatic carbocycles. The smallest absolute Gasteiger partial charge is 0.338 e. The first kappa shape index (κ1) is 18.8. The molecule has 0 saturated heterocycles. The van der Waals surface area contributed by atoms with E-state index in [4.69, 9.17) is 9.47 Å². The van der Waals surface area contributed by atoms with Crippen molar-refractivity contribution in [2.75, 3.05) is 11.9 Å². The average molecular weight is 384 g/mol. The van der Waals surface area contributed by atoms with E-state index >= 15 is 0 Å². The number of carbonyl (C=O) groups excluding carboxylic acids is 2. The molecule has 140 valence electrons. The molecule has 1 N–H and O–H groups in total. The summed E-state index contributed by atoms with van der Waals surface area (Å²) in [7, 11) is 0. The third-order valence-electron chi connectivity index (χ3n) is 3.60. The molecular weight excluding hydrogens is 364 g/mol. The summed E-state index contributed by atoms with van der Waals surface area (Å²) in [6, 6.07) is 12.6. The molecule has 0 aliphatic carbocycles.